The molecule has 0 unspecified atom stereocenters. The predicted octanol–water partition coefficient (Wildman–Crippen LogP) is 2.90. The van der Waals surface area contributed by atoms with E-state index in [1.54, 1.807) is 6.07 Å². The lowest BCUT2D eigenvalue weighted by Crippen LogP contribution is -2.43. The summed E-state index contributed by atoms with van der Waals surface area (Å²) in [6, 6.07) is 6.50. The second-order valence-electron chi connectivity index (χ2n) is 7.20. The van der Waals surface area contributed by atoms with Gasteiger partial charge < -0.3 is 14.4 Å². The molecule has 130 valence electrons. The van der Waals surface area contributed by atoms with E-state index in [0.717, 1.165) is 44.3 Å². The number of fused-ring (bicyclic) bond motifs is 2. The Bertz CT molecular complexity index is 602. The lowest BCUT2D eigenvalue weighted by atomic mass is 9.88. The second kappa shape index (κ2) is 6.81. The molecule has 0 radical (unpaired) electrons. The number of hydrogen-bond acceptors (Lipinski definition) is 3. The molecular weight excluding hydrogens is 309 g/mol. The molecule has 0 spiro atoms. The molecule has 1 amide bonds. The van der Waals surface area contributed by atoms with Gasteiger partial charge in [0, 0.05) is 19.7 Å². The minimum Gasteiger partial charge on any atom is -0.376 e. The number of carbonyl (C=O) groups is 1. The van der Waals surface area contributed by atoms with Gasteiger partial charge in [-0.1, -0.05) is 12.1 Å². The monoisotopic (exact) mass is 333 g/mol. The van der Waals surface area contributed by atoms with E-state index in [0.29, 0.717) is 13.1 Å². The molecule has 24 heavy (non-hydrogen) atoms. The van der Waals surface area contributed by atoms with E-state index in [9.17, 15) is 9.18 Å². The second-order valence-corrected chi connectivity index (χ2v) is 7.20. The summed E-state index contributed by atoms with van der Waals surface area (Å²) in [5.41, 5.74) is 0.824. The van der Waals surface area contributed by atoms with Crippen LogP contribution in [0, 0.1) is 11.7 Å². The predicted molar refractivity (Wildman–Crippen MR) is 86.8 cm³/mol. The standard InChI is InChI=1S/C19H24FNO3/c20-14-4-1-3-13(9-14)11-21(12-16-5-2-8-23-16)19(22)17-10-15-6-7-18(17)24-15/h1,3-4,9,15-18H,2,5-8,10-12H2/t15-,16+,17-,18-/m1/s1. The van der Waals surface area contributed by atoms with Crippen LogP contribution in [0.4, 0.5) is 4.39 Å². The molecule has 1 aromatic carbocycles. The van der Waals surface area contributed by atoms with Gasteiger partial charge in [0.1, 0.15) is 5.82 Å². The molecule has 0 saturated carbocycles. The highest BCUT2D eigenvalue weighted by Gasteiger charge is 2.46. The molecule has 4 rings (SSSR count). The smallest absolute Gasteiger partial charge is 0.228 e. The van der Waals surface area contributed by atoms with Gasteiger partial charge in [0.25, 0.3) is 0 Å². The molecular formula is C19H24FNO3. The Hall–Kier alpha value is -1.46. The molecule has 3 aliphatic heterocycles. The first-order chi connectivity index (χ1) is 11.7. The van der Waals surface area contributed by atoms with Crippen LogP contribution in [0.15, 0.2) is 24.3 Å². The van der Waals surface area contributed by atoms with Gasteiger partial charge in [0.15, 0.2) is 0 Å². The normalized spacial score (nSPS) is 31.5. The van der Waals surface area contributed by atoms with Crippen molar-refractivity contribution in [2.24, 2.45) is 5.92 Å². The number of carbonyl (C=O) groups excluding carboxylic acids is 1. The zero-order valence-corrected chi connectivity index (χ0v) is 13.8. The van der Waals surface area contributed by atoms with Crippen molar-refractivity contribution in [3.8, 4) is 0 Å². The molecule has 4 nitrogen and oxygen atoms in total. The Morgan fingerprint density at radius 2 is 2.21 bits per heavy atom. The maximum atomic E-state index is 13.5. The Balaban J connectivity index is 1.49. The maximum Gasteiger partial charge on any atom is 0.228 e. The molecule has 4 atom stereocenters. The van der Waals surface area contributed by atoms with Crippen LogP contribution in [0.3, 0.4) is 0 Å². The average molecular weight is 333 g/mol. The van der Waals surface area contributed by atoms with Crippen LogP contribution >= 0.6 is 0 Å². The average Bonchev–Trinajstić information content (AvgIpc) is 3.31. The van der Waals surface area contributed by atoms with E-state index in [-0.39, 0.29) is 36.0 Å². The van der Waals surface area contributed by atoms with Gasteiger partial charge in [-0.05, 0) is 49.8 Å². The maximum absolute atomic E-state index is 13.5. The van der Waals surface area contributed by atoms with Crippen molar-refractivity contribution < 1.29 is 18.7 Å². The minimum absolute atomic E-state index is 0.0429. The number of ether oxygens (including phenoxy) is 2. The van der Waals surface area contributed by atoms with Crippen molar-refractivity contribution >= 4 is 5.91 Å². The molecule has 2 bridgehead atoms. The van der Waals surface area contributed by atoms with Crippen LogP contribution in [0.5, 0.6) is 0 Å². The van der Waals surface area contributed by atoms with Crippen molar-refractivity contribution in [3.05, 3.63) is 35.6 Å². The number of benzene rings is 1. The minimum atomic E-state index is -0.264. The summed E-state index contributed by atoms with van der Waals surface area (Å²) < 4.78 is 25.1. The topological polar surface area (TPSA) is 38.8 Å². The molecule has 3 fully saturated rings. The summed E-state index contributed by atoms with van der Waals surface area (Å²) in [5.74, 6) is -0.166. The summed E-state index contributed by atoms with van der Waals surface area (Å²) in [7, 11) is 0. The molecule has 5 heteroatoms. The van der Waals surface area contributed by atoms with Crippen molar-refractivity contribution in [1.29, 1.82) is 0 Å². The molecule has 0 N–H and O–H groups in total. The van der Waals surface area contributed by atoms with Crippen molar-refractivity contribution in [1.82, 2.24) is 4.90 Å². The third-order valence-corrected chi connectivity index (χ3v) is 5.45. The van der Waals surface area contributed by atoms with Gasteiger partial charge in [0.2, 0.25) is 5.91 Å². The third kappa shape index (κ3) is 3.33. The van der Waals surface area contributed by atoms with E-state index in [1.165, 1.54) is 12.1 Å². The molecule has 3 heterocycles. The van der Waals surface area contributed by atoms with Crippen LogP contribution in [-0.2, 0) is 20.8 Å². The van der Waals surface area contributed by atoms with Crippen LogP contribution in [-0.4, -0.2) is 42.3 Å². The highest BCUT2D eigenvalue weighted by molar-refractivity contribution is 5.80. The number of amides is 1. The first kappa shape index (κ1) is 16.0. The van der Waals surface area contributed by atoms with Gasteiger partial charge in [-0.3, -0.25) is 4.79 Å². The SMILES string of the molecule is O=C([C@@H]1C[C@H]2CC[C@H]1O2)N(Cc1cccc(F)c1)C[C@@H]1CCCO1. The van der Waals surface area contributed by atoms with E-state index in [4.69, 9.17) is 9.47 Å². The fourth-order valence-electron chi connectivity index (χ4n) is 4.25. The molecule has 1 aromatic rings. The fourth-order valence-corrected chi connectivity index (χ4v) is 4.25. The third-order valence-electron chi connectivity index (χ3n) is 5.45. The highest BCUT2D eigenvalue weighted by atomic mass is 19.1. The van der Waals surface area contributed by atoms with Crippen LogP contribution in [0.1, 0.15) is 37.7 Å². The summed E-state index contributed by atoms with van der Waals surface area (Å²) in [6.07, 6.45) is 5.34. The Morgan fingerprint density at radius 3 is 2.88 bits per heavy atom. The van der Waals surface area contributed by atoms with Crippen molar-refractivity contribution in [2.45, 2.75) is 57.0 Å². The van der Waals surface area contributed by atoms with Crippen LogP contribution in [0.2, 0.25) is 0 Å². The summed E-state index contributed by atoms with van der Waals surface area (Å²) in [5, 5.41) is 0. The van der Waals surface area contributed by atoms with Gasteiger partial charge >= 0.3 is 0 Å². The van der Waals surface area contributed by atoms with E-state index in [2.05, 4.69) is 0 Å². The van der Waals surface area contributed by atoms with Gasteiger partial charge in [-0.2, -0.15) is 0 Å². The lowest BCUT2D eigenvalue weighted by Gasteiger charge is -2.30. The lowest BCUT2D eigenvalue weighted by molar-refractivity contribution is -0.139. The number of hydrogen-bond donors (Lipinski definition) is 0. The summed E-state index contributed by atoms with van der Waals surface area (Å²) >= 11 is 0. The zero-order valence-electron chi connectivity index (χ0n) is 13.8. The van der Waals surface area contributed by atoms with E-state index >= 15 is 0 Å². The molecule has 0 aromatic heterocycles. The number of rotatable bonds is 5. The van der Waals surface area contributed by atoms with Crippen molar-refractivity contribution in [3.63, 3.8) is 0 Å². The van der Waals surface area contributed by atoms with E-state index in [1.807, 2.05) is 11.0 Å². The Morgan fingerprint density at radius 1 is 1.29 bits per heavy atom. The number of halogens is 1. The number of nitrogens with zero attached hydrogens (tertiary/aromatic N) is 1. The highest BCUT2D eigenvalue weighted by Crippen LogP contribution is 2.40. The fraction of sp³-hybridized carbons (Fsp3) is 0.632. The quantitative estimate of drug-likeness (QED) is 0.832. The van der Waals surface area contributed by atoms with E-state index < -0.39 is 0 Å². The summed E-state index contributed by atoms with van der Waals surface area (Å²) in [6.45, 7) is 1.79. The Kier molecular flexibility index (Phi) is 4.55. The van der Waals surface area contributed by atoms with Gasteiger partial charge in [0.05, 0.1) is 24.2 Å². The molecule has 0 aliphatic carbocycles. The largest absolute Gasteiger partial charge is 0.376 e. The zero-order chi connectivity index (χ0) is 16.5. The first-order valence-electron chi connectivity index (χ1n) is 8.99. The van der Waals surface area contributed by atoms with Crippen LogP contribution < -0.4 is 0 Å². The van der Waals surface area contributed by atoms with Crippen LogP contribution in [0.25, 0.3) is 0 Å². The van der Waals surface area contributed by atoms with Crippen molar-refractivity contribution in [2.75, 3.05) is 13.2 Å². The first-order valence-corrected chi connectivity index (χ1v) is 8.99. The van der Waals surface area contributed by atoms with Gasteiger partial charge in [-0.25, -0.2) is 4.39 Å². The summed E-state index contributed by atoms with van der Waals surface area (Å²) in [4.78, 5) is 15.0. The van der Waals surface area contributed by atoms with Gasteiger partial charge in [-0.15, -0.1) is 0 Å². The molecule has 3 aliphatic rings. The molecule has 3 saturated heterocycles. The Labute approximate surface area is 141 Å².